The van der Waals surface area contributed by atoms with E-state index in [-0.39, 0.29) is 24.1 Å². The fourth-order valence-electron chi connectivity index (χ4n) is 3.69. The average molecular weight is 332 g/mol. The van der Waals surface area contributed by atoms with E-state index >= 15 is 0 Å². The van der Waals surface area contributed by atoms with Crippen molar-refractivity contribution in [1.29, 1.82) is 0 Å². The van der Waals surface area contributed by atoms with Gasteiger partial charge in [0.1, 0.15) is 6.54 Å². The zero-order chi connectivity index (χ0) is 15.8. The average Bonchev–Trinajstić information content (AvgIpc) is 3.17. The van der Waals surface area contributed by atoms with Crippen LogP contribution in [0.5, 0.6) is 0 Å². The van der Waals surface area contributed by atoms with Crippen molar-refractivity contribution in [2.24, 2.45) is 0 Å². The summed E-state index contributed by atoms with van der Waals surface area (Å²) in [5.74, 6) is -0.142. The van der Waals surface area contributed by atoms with Crippen molar-refractivity contribution in [3.63, 3.8) is 0 Å². The summed E-state index contributed by atoms with van der Waals surface area (Å²) in [6.07, 6.45) is 8.64. The van der Waals surface area contributed by atoms with Crippen LogP contribution in [0.3, 0.4) is 0 Å². The standard InChI is InChI=1S/C16H20N4O2S/c21-13(17-10-5-1-2-6-10)9-20-16(22)14-11-7-3-4-8-12(11)23-15(14)18-19-20/h10H,1-9H2,(H,17,21). The molecule has 2 aromatic heterocycles. The van der Waals surface area contributed by atoms with Crippen LogP contribution in [0.15, 0.2) is 4.79 Å². The lowest BCUT2D eigenvalue weighted by Gasteiger charge is -2.12. The van der Waals surface area contributed by atoms with Crippen molar-refractivity contribution >= 4 is 27.5 Å². The fraction of sp³-hybridized carbons (Fsp3) is 0.625. The minimum atomic E-state index is -0.170. The Bertz CT molecular complexity index is 804. The fourth-order valence-corrected chi connectivity index (χ4v) is 4.89. The lowest BCUT2D eigenvalue weighted by atomic mass is 9.97. The summed E-state index contributed by atoms with van der Waals surface area (Å²) in [4.78, 5) is 26.9. The molecule has 7 heteroatoms. The van der Waals surface area contributed by atoms with Gasteiger partial charge >= 0.3 is 0 Å². The van der Waals surface area contributed by atoms with Gasteiger partial charge < -0.3 is 5.32 Å². The molecule has 2 aliphatic carbocycles. The van der Waals surface area contributed by atoms with Crippen LogP contribution in [0.4, 0.5) is 0 Å². The van der Waals surface area contributed by atoms with E-state index in [2.05, 4.69) is 15.6 Å². The Labute approximate surface area is 137 Å². The van der Waals surface area contributed by atoms with Gasteiger partial charge in [0.2, 0.25) is 5.91 Å². The van der Waals surface area contributed by atoms with E-state index < -0.39 is 0 Å². The molecule has 0 atom stereocenters. The molecule has 0 radical (unpaired) electrons. The van der Waals surface area contributed by atoms with Crippen LogP contribution >= 0.6 is 11.3 Å². The SMILES string of the molecule is O=C(Cn1nnc2sc3c(c2c1=O)CCCC3)NC1CCCC1. The van der Waals surface area contributed by atoms with Gasteiger partial charge in [-0.25, -0.2) is 4.68 Å². The van der Waals surface area contributed by atoms with Crippen LogP contribution in [0, 0.1) is 0 Å². The summed E-state index contributed by atoms with van der Waals surface area (Å²) in [5.41, 5.74) is 0.970. The lowest BCUT2D eigenvalue weighted by Crippen LogP contribution is -2.38. The molecule has 1 amide bonds. The van der Waals surface area contributed by atoms with Gasteiger partial charge in [-0.3, -0.25) is 9.59 Å². The summed E-state index contributed by atoms with van der Waals surface area (Å²) in [6, 6.07) is 0.254. The Kier molecular flexibility index (Phi) is 3.88. The van der Waals surface area contributed by atoms with Gasteiger partial charge in [0.25, 0.3) is 5.56 Å². The smallest absolute Gasteiger partial charge is 0.279 e. The zero-order valence-electron chi connectivity index (χ0n) is 13.0. The maximum atomic E-state index is 12.7. The number of aromatic nitrogens is 3. The van der Waals surface area contributed by atoms with Crippen molar-refractivity contribution in [2.45, 2.75) is 64.0 Å². The van der Waals surface area contributed by atoms with E-state index in [0.29, 0.717) is 10.2 Å². The number of nitrogens with zero attached hydrogens (tertiary/aromatic N) is 3. The Morgan fingerprint density at radius 2 is 2.00 bits per heavy atom. The van der Waals surface area contributed by atoms with Crippen LogP contribution in [0.2, 0.25) is 0 Å². The number of carbonyl (C=O) groups excluding carboxylic acids is 1. The van der Waals surface area contributed by atoms with Gasteiger partial charge in [-0.15, -0.1) is 16.4 Å². The number of hydrogen-bond acceptors (Lipinski definition) is 5. The quantitative estimate of drug-likeness (QED) is 0.929. The third-order valence-electron chi connectivity index (χ3n) is 4.86. The van der Waals surface area contributed by atoms with E-state index in [1.807, 2.05) is 0 Å². The highest BCUT2D eigenvalue weighted by molar-refractivity contribution is 7.18. The minimum Gasteiger partial charge on any atom is -0.352 e. The highest BCUT2D eigenvalue weighted by atomic mass is 32.1. The van der Waals surface area contributed by atoms with Crippen LogP contribution in [0.25, 0.3) is 10.2 Å². The maximum absolute atomic E-state index is 12.7. The first-order valence-corrected chi connectivity index (χ1v) is 9.21. The van der Waals surface area contributed by atoms with E-state index in [1.165, 1.54) is 16.0 Å². The molecule has 0 aromatic carbocycles. The first-order chi connectivity index (χ1) is 11.2. The molecule has 4 rings (SSSR count). The molecule has 122 valence electrons. The molecule has 1 saturated carbocycles. The van der Waals surface area contributed by atoms with E-state index in [4.69, 9.17) is 0 Å². The summed E-state index contributed by atoms with van der Waals surface area (Å²) >= 11 is 1.58. The molecule has 23 heavy (non-hydrogen) atoms. The Balaban J connectivity index is 1.61. The number of thiophene rings is 1. The van der Waals surface area contributed by atoms with Crippen molar-refractivity contribution in [2.75, 3.05) is 0 Å². The van der Waals surface area contributed by atoms with Gasteiger partial charge in [-0.2, -0.15) is 0 Å². The van der Waals surface area contributed by atoms with Crippen molar-refractivity contribution < 1.29 is 4.79 Å². The molecule has 1 fully saturated rings. The highest BCUT2D eigenvalue weighted by Gasteiger charge is 2.22. The predicted molar refractivity (Wildman–Crippen MR) is 88.7 cm³/mol. The summed E-state index contributed by atoms with van der Waals surface area (Å²) in [7, 11) is 0. The Hall–Kier alpha value is -1.76. The molecule has 0 unspecified atom stereocenters. The first kappa shape index (κ1) is 14.8. The number of nitrogens with one attached hydrogen (secondary N) is 1. The molecular formula is C16H20N4O2S. The van der Waals surface area contributed by atoms with Crippen LogP contribution in [-0.2, 0) is 24.2 Å². The monoisotopic (exact) mass is 332 g/mol. The molecule has 0 saturated heterocycles. The molecule has 0 bridgehead atoms. The molecule has 1 N–H and O–H groups in total. The van der Waals surface area contributed by atoms with Crippen LogP contribution in [0.1, 0.15) is 49.0 Å². The second-order valence-electron chi connectivity index (χ2n) is 6.49. The molecule has 6 nitrogen and oxygen atoms in total. The Morgan fingerprint density at radius 1 is 1.22 bits per heavy atom. The number of hydrogen-bond donors (Lipinski definition) is 1. The lowest BCUT2D eigenvalue weighted by molar-refractivity contribution is -0.122. The molecule has 2 aliphatic rings. The third kappa shape index (κ3) is 2.78. The highest BCUT2D eigenvalue weighted by Crippen LogP contribution is 2.33. The van der Waals surface area contributed by atoms with Gasteiger partial charge in [0.15, 0.2) is 4.83 Å². The van der Waals surface area contributed by atoms with E-state index in [0.717, 1.165) is 50.5 Å². The topological polar surface area (TPSA) is 76.9 Å². The Morgan fingerprint density at radius 3 is 2.83 bits per heavy atom. The molecular weight excluding hydrogens is 312 g/mol. The molecule has 2 heterocycles. The number of aryl methyl sites for hydroxylation is 2. The van der Waals surface area contributed by atoms with Crippen molar-refractivity contribution in [1.82, 2.24) is 20.3 Å². The second kappa shape index (κ2) is 6.03. The van der Waals surface area contributed by atoms with Crippen molar-refractivity contribution in [3.8, 4) is 0 Å². The van der Waals surface area contributed by atoms with Gasteiger partial charge in [-0.1, -0.05) is 18.1 Å². The summed E-state index contributed by atoms with van der Waals surface area (Å²) < 4.78 is 1.22. The first-order valence-electron chi connectivity index (χ1n) is 8.40. The van der Waals surface area contributed by atoms with Crippen LogP contribution < -0.4 is 10.9 Å². The number of rotatable bonds is 3. The van der Waals surface area contributed by atoms with Gasteiger partial charge in [-0.05, 0) is 44.1 Å². The second-order valence-corrected chi connectivity index (χ2v) is 7.58. The van der Waals surface area contributed by atoms with Gasteiger partial charge in [0, 0.05) is 10.9 Å². The molecule has 0 aliphatic heterocycles. The number of carbonyl (C=O) groups is 1. The predicted octanol–water partition coefficient (Wildman–Crippen LogP) is 1.79. The van der Waals surface area contributed by atoms with Crippen molar-refractivity contribution in [3.05, 3.63) is 20.8 Å². The largest absolute Gasteiger partial charge is 0.352 e. The van der Waals surface area contributed by atoms with Gasteiger partial charge in [0.05, 0.1) is 5.39 Å². The maximum Gasteiger partial charge on any atom is 0.279 e. The summed E-state index contributed by atoms with van der Waals surface area (Å²) in [6.45, 7) is -0.0388. The number of fused-ring (bicyclic) bond motifs is 3. The van der Waals surface area contributed by atoms with E-state index in [9.17, 15) is 9.59 Å². The van der Waals surface area contributed by atoms with Crippen LogP contribution in [-0.4, -0.2) is 26.9 Å². The molecule has 2 aromatic rings. The third-order valence-corrected chi connectivity index (χ3v) is 6.03. The molecule has 0 spiro atoms. The summed E-state index contributed by atoms with van der Waals surface area (Å²) in [5, 5.41) is 11.8. The normalized spacial score (nSPS) is 18.3. The number of amides is 1. The van der Waals surface area contributed by atoms with E-state index in [1.54, 1.807) is 11.3 Å². The zero-order valence-corrected chi connectivity index (χ0v) is 13.8. The minimum absolute atomic E-state index is 0.0388.